The van der Waals surface area contributed by atoms with E-state index in [1.54, 1.807) is 28.5 Å². The number of aromatic nitrogens is 5. The van der Waals surface area contributed by atoms with E-state index in [9.17, 15) is 9.59 Å². The fraction of sp³-hybridized carbons (Fsp3) is 0.0500. The number of furan rings is 1. The first-order valence-electron chi connectivity index (χ1n) is 9.13. The van der Waals surface area contributed by atoms with E-state index < -0.39 is 0 Å². The Balaban J connectivity index is 1.30. The Kier molecular flexibility index (Phi) is 5.10. The van der Waals surface area contributed by atoms with Gasteiger partial charge in [-0.15, -0.1) is 11.3 Å². The molecule has 0 atom stereocenters. The molecule has 154 valence electrons. The van der Waals surface area contributed by atoms with Crippen molar-refractivity contribution in [1.29, 1.82) is 0 Å². The normalized spacial score (nSPS) is 11.1. The summed E-state index contributed by atoms with van der Waals surface area (Å²) in [6.07, 6.45) is 3.05. The summed E-state index contributed by atoms with van der Waals surface area (Å²) in [6, 6.07) is 13.0. The Morgan fingerprint density at radius 3 is 2.87 bits per heavy atom. The first-order chi connectivity index (χ1) is 15.2. The van der Waals surface area contributed by atoms with Gasteiger partial charge in [0.05, 0.1) is 23.9 Å². The molecule has 5 rings (SSSR count). The summed E-state index contributed by atoms with van der Waals surface area (Å²) in [5.41, 5.74) is 1.57. The van der Waals surface area contributed by atoms with Gasteiger partial charge in [0.2, 0.25) is 5.91 Å². The van der Waals surface area contributed by atoms with Gasteiger partial charge in [0, 0.05) is 5.38 Å². The lowest BCUT2D eigenvalue weighted by atomic mass is 10.3. The van der Waals surface area contributed by atoms with E-state index >= 15 is 0 Å². The molecule has 9 nitrogen and oxygen atoms in total. The van der Waals surface area contributed by atoms with Crippen molar-refractivity contribution in [2.45, 2.75) is 5.16 Å². The number of H-pyrrole nitrogens is 1. The number of fused-ring (bicyclic) bond motifs is 1. The van der Waals surface area contributed by atoms with E-state index in [0.717, 1.165) is 17.4 Å². The van der Waals surface area contributed by atoms with Gasteiger partial charge in [0.1, 0.15) is 11.1 Å². The fourth-order valence-corrected chi connectivity index (χ4v) is 4.25. The van der Waals surface area contributed by atoms with Crippen molar-refractivity contribution in [2.75, 3.05) is 11.1 Å². The molecule has 0 unspecified atom stereocenters. The topological polar surface area (TPSA) is 119 Å². The molecule has 5 aromatic rings. The van der Waals surface area contributed by atoms with Gasteiger partial charge in [-0.25, -0.2) is 14.6 Å². The van der Waals surface area contributed by atoms with Crippen LogP contribution in [0.1, 0.15) is 0 Å². The maximum atomic E-state index is 12.4. The Labute approximate surface area is 183 Å². The molecule has 0 fully saturated rings. The third kappa shape index (κ3) is 4.00. The summed E-state index contributed by atoms with van der Waals surface area (Å²) in [4.78, 5) is 36.3. The zero-order chi connectivity index (χ0) is 21.2. The second kappa shape index (κ2) is 8.20. The lowest BCUT2D eigenvalue weighted by molar-refractivity contribution is -0.113. The number of thioether (sulfide) groups is 1. The van der Waals surface area contributed by atoms with Crippen LogP contribution >= 0.6 is 23.1 Å². The van der Waals surface area contributed by atoms with E-state index in [1.165, 1.54) is 17.5 Å². The van der Waals surface area contributed by atoms with Crippen molar-refractivity contribution in [3.8, 4) is 17.1 Å². The van der Waals surface area contributed by atoms with E-state index in [0.29, 0.717) is 32.8 Å². The lowest BCUT2D eigenvalue weighted by Gasteiger charge is -2.04. The van der Waals surface area contributed by atoms with Crippen LogP contribution in [0, 0.1) is 0 Å². The number of anilines is 1. The number of thiazole rings is 1. The van der Waals surface area contributed by atoms with Gasteiger partial charge in [0.15, 0.2) is 21.7 Å². The minimum atomic E-state index is -0.307. The molecule has 0 aliphatic heterocycles. The molecular formula is C20H14N6O3S2. The summed E-state index contributed by atoms with van der Waals surface area (Å²) >= 11 is 2.43. The van der Waals surface area contributed by atoms with Crippen molar-refractivity contribution in [3.63, 3.8) is 0 Å². The van der Waals surface area contributed by atoms with Gasteiger partial charge in [-0.1, -0.05) is 30.0 Å². The number of para-hydroxylation sites is 1. The van der Waals surface area contributed by atoms with Crippen molar-refractivity contribution in [2.24, 2.45) is 0 Å². The number of benzene rings is 1. The first kappa shape index (κ1) is 19.3. The van der Waals surface area contributed by atoms with Gasteiger partial charge in [0.25, 0.3) is 5.56 Å². The monoisotopic (exact) mass is 450 g/mol. The number of hydrogen-bond donors (Lipinski definition) is 2. The van der Waals surface area contributed by atoms with Crippen molar-refractivity contribution in [3.05, 3.63) is 70.7 Å². The molecule has 11 heteroatoms. The van der Waals surface area contributed by atoms with E-state index in [1.807, 2.05) is 30.3 Å². The number of aromatic amines is 1. The molecule has 4 heterocycles. The third-order valence-corrected chi connectivity index (χ3v) is 5.91. The Hall–Kier alpha value is -3.70. The van der Waals surface area contributed by atoms with Crippen LogP contribution in [0.4, 0.5) is 5.13 Å². The Bertz CT molecular complexity index is 1410. The van der Waals surface area contributed by atoms with Gasteiger partial charge in [-0.05, 0) is 24.3 Å². The molecule has 0 spiro atoms. The van der Waals surface area contributed by atoms with Crippen LogP contribution in [-0.4, -0.2) is 36.4 Å². The number of carbonyl (C=O) groups excluding carboxylic acids is 1. The molecule has 0 radical (unpaired) electrons. The molecule has 1 aromatic carbocycles. The van der Waals surface area contributed by atoms with Crippen LogP contribution in [0.2, 0.25) is 0 Å². The van der Waals surface area contributed by atoms with Crippen molar-refractivity contribution < 1.29 is 9.21 Å². The smallest absolute Gasteiger partial charge is 0.262 e. The van der Waals surface area contributed by atoms with Gasteiger partial charge in [-0.3, -0.25) is 9.59 Å². The summed E-state index contributed by atoms with van der Waals surface area (Å²) in [5, 5.41) is 10.0. The van der Waals surface area contributed by atoms with Crippen LogP contribution in [0.15, 0.2) is 74.7 Å². The van der Waals surface area contributed by atoms with Crippen LogP contribution in [0.5, 0.6) is 0 Å². The number of hydrogen-bond acceptors (Lipinski definition) is 8. The zero-order valence-corrected chi connectivity index (χ0v) is 17.4. The van der Waals surface area contributed by atoms with Crippen molar-refractivity contribution in [1.82, 2.24) is 24.7 Å². The maximum Gasteiger partial charge on any atom is 0.262 e. The summed E-state index contributed by atoms with van der Waals surface area (Å²) in [7, 11) is 0. The van der Waals surface area contributed by atoms with Gasteiger partial charge in [-0.2, -0.15) is 5.10 Å². The number of rotatable bonds is 6. The third-order valence-electron chi connectivity index (χ3n) is 4.28. The van der Waals surface area contributed by atoms with Crippen LogP contribution < -0.4 is 10.9 Å². The molecule has 0 aliphatic rings. The number of nitrogens with zero attached hydrogens (tertiary/aromatic N) is 4. The number of nitrogens with one attached hydrogen (secondary N) is 2. The molecular weight excluding hydrogens is 436 g/mol. The SMILES string of the molecule is O=C(CSc1nc2c(cnn2-c2ccccc2)c(=O)[nH]1)Nc1nc(-c2ccco2)cs1. The highest BCUT2D eigenvalue weighted by Gasteiger charge is 2.14. The minimum absolute atomic E-state index is 0.0591. The van der Waals surface area contributed by atoms with Crippen molar-refractivity contribution >= 4 is 45.2 Å². The average Bonchev–Trinajstić information content (AvgIpc) is 3.53. The van der Waals surface area contributed by atoms with E-state index in [4.69, 9.17) is 4.42 Å². The van der Waals surface area contributed by atoms with Gasteiger partial charge >= 0.3 is 0 Å². The molecule has 0 saturated heterocycles. The molecule has 0 aliphatic carbocycles. The fourth-order valence-electron chi connectivity index (χ4n) is 2.88. The lowest BCUT2D eigenvalue weighted by Crippen LogP contribution is -2.15. The number of carbonyl (C=O) groups is 1. The summed E-state index contributed by atoms with van der Waals surface area (Å²) < 4.78 is 6.90. The molecule has 1 amide bonds. The Morgan fingerprint density at radius 1 is 1.19 bits per heavy atom. The standard InChI is InChI=1S/C20H14N6O3S2/c27-16(23-19-22-14(10-30-19)15-7-4-8-29-15)11-31-20-24-17-13(18(28)25-20)9-21-26(17)12-5-2-1-3-6-12/h1-10H,11H2,(H,22,23,27)(H,24,25,28). The van der Waals surface area contributed by atoms with Gasteiger partial charge < -0.3 is 14.7 Å². The van der Waals surface area contributed by atoms with Crippen LogP contribution in [0.25, 0.3) is 28.2 Å². The zero-order valence-electron chi connectivity index (χ0n) is 15.8. The molecule has 0 saturated carbocycles. The maximum absolute atomic E-state index is 12.4. The molecule has 31 heavy (non-hydrogen) atoms. The minimum Gasteiger partial charge on any atom is -0.463 e. The Morgan fingerprint density at radius 2 is 2.06 bits per heavy atom. The molecule has 2 N–H and O–H groups in total. The van der Waals surface area contributed by atoms with Crippen LogP contribution in [0.3, 0.4) is 0 Å². The molecule has 0 bridgehead atoms. The second-order valence-electron chi connectivity index (χ2n) is 6.35. The quantitative estimate of drug-likeness (QED) is 0.300. The predicted molar refractivity (Wildman–Crippen MR) is 119 cm³/mol. The van der Waals surface area contributed by atoms with Crippen LogP contribution in [-0.2, 0) is 4.79 Å². The predicted octanol–water partition coefficient (Wildman–Crippen LogP) is 3.56. The molecule has 4 aromatic heterocycles. The number of amides is 1. The highest BCUT2D eigenvalue weighted by atomic mass is 32.2. The highest BCUT2D eigenvalue weighted by molar-refractivity contribution is 7.99. The van der Waals surface area contributed by atoms with E-state index in [2.05, 4.69) is 25.4 Å². The summed E-state index contributed by atoms with van der Waals surface area (Å²) in [6.45, 7) is 0. The first-order valence-corrected chi connectivity index (χ1v) is 11.0. The second-order valence-corrected chi connectivity index (χ2v) is 8.17. The van der Waals surface area contributed by atoms with E-state index in [-0.39, 0.29) is 17.2 Å². The largest absolute Gasteiger partial charge is 0.463 e. The highest BCUT2D eigenvalue weighted by Crippen LogP contribution is 2.25. The summed E-state index contributed by atoms with van der Waals surface area (Å²) in [5.74, 6) is 0.435. The average molecular weight is 451 g/mol.